The first-order valence-electron chi connectivity index (χ1n) is 7.68. The zero-order chi connectivity index (χ0) is 14.9. The van der Waals surface area contributed by atoms with Crippen LogP contribution in [-0.2, 0) is 22.6 Å². The summed E-state index contributed by atoms with van der Waals surface area (Å²) in [6.07, 6.45) is 4.26. The van der Waals surface area contributed by atoms with Gasteiger partial charge < -0.3 is 9.64 Å². The molecule has 0 aliphatic carbocycles. The van der Waals surface area contributed by atoms with E-state index in [4.69, 9.17) is 4.74 Å². The first-order valence-corrected chi connectivity index (χ1v) is 7.68. The number of amides is 1. The van der Waals surface area contributed by atoms with Gasteiger partial charge >= 0.3 is 0 Å². The molecular formula is C16H18N4O2. The molecule has 0 bridgehead atoms. The summed E-state index contributed by atoms with van der Waals surface area (Å²) in [7, 11) is 0. The van der Waals surface area contributed by atoms with Crippen LogP contribution in [-0.4, -0.2) is 33.6 Å². The van der Waals surface area contributed by atoms with E-state index in [1.807, 2.05) is 33.8 Å². The van der Waals surface area contributed by atoms with Crippen molar-refractivity contribution < 1.29 is 9.53 Å². The zero-order valence-corrected chi connectivity index (χ0v) is 12.3. The topological polar surface area (TPSA) is 60.2 Å². The minimum Gasteiger partial charge on any atom is -0.378 e. The Labute approximate surface area is 128 Å². The zero-order valence-electron chi connectivity index (χ0n) is 12.3. The first-order chi connectivity index (χ1) is 10.8. The predicted octanol–water partition coefficient (Wildman–Crippen LogP) is 1.74. The number of aromatic nitrogens is 3. The van der Waals surface area contributed by atoms with E-state index in [2.05, 4.69) is 10.3 Å². The second-order valence-corrected chi connectivity index (χ2v) is 5.83. The number of carbonyl (C=O) groups excluding carboxylic acids is 1. The van der Waals surface area contributed by atoms with Crippen LogP contribution in [0.25, 0.3) is 0 Å². The van der Waals surface area contributed by atoms with Gasteiger partial charge in [0.15, 0.2) is 0 Å². The molecule has 22 heavy (non-hydrogen) atoms. The quantitative estimate of drug-likeness (QED) is 0.847. The standard InChI is InChI=1S/C16H18N4O2/c21-16(8-14-5-3-7-22-14)19-11-13-9-17-18-20(13)10-12-4-1-2-6-15(12)19/h1-2,4,6,9,14H,3,5,7-8,10-11H2/t14-/m0/s1. The lowest BCUT2D eigenvalue weighted by Gasteiger charge is -2.23. The molecule has 0 spiro atoms. The number of ether oxygens (including phenoxy) is 1. The van der Waals surface area contributed by atoms with Crippen molar-refractivity contribution in [1.29, 1.82) is 0 Å². The second-order valence-electron chi connectivity index (χ2n) is 5.83. The largest absolute Gasteiger partial charge is 0.378 e. The van der Waals surface area contributed by atoms with E-state index in [0.29, 0.717) is 19.5 Å². The number of anilines is 1. The highest BCUT2D eigenvalue weighted by atomic mass is 16.5. The summed E-state index contributed by atoms with van der Waals surface area (Å²) in [6, 6.07) is 8.00. The summed E-state index contributed by atoms with van der Waals surface area (Å²) in [5, 5.41) is 8.08. The summed E-state index contributed by atoms with van der Waals surface area (Å²) < 4.78 is 7.47. The van der Waals surface area contributed by atoms with E-state index in [1.165, 1.54) is 0 Å². The highest BCUT2D eigenvalue weighted by Crippen LogP contribution is 2.28. The molecule has 1 amide bonds. The van der Waals surface area contributed by atoms with Crippen LogP contribution in [0, 0.1) is 0 Å². The van der Waals surface area contributed by atoms with Gasteiger partial charge in [-0.05, 0) is 24.5 Å². The molecule has 6 heteroatoms. The molecule has 3 heterocycles. The molecule has 0 saturated carbocycles. The number of benzene rings is 1. The Bertz CT molecular complexity index is 691. The monoisotopic (exact) mass is 298 g/mol. The van der Waals surface area contributed by atoms with E-state index in [1.54, 1.807) is 6.20 Å². The molecule has 4 rings (SSSR count). The summed E-state index contributed by atoms with van der Waals surface area (Å²) in [5.74, 6) is 0.106. The van der Waals surface area contributed by atoms with Gasteiger partial charge in [-0.2, -0.15) is 0 Å². The fourth-order valence-electron chi connectivity index (χ4n) is 3.18. The summed E-state index contributed by atoms with van der Waals surface area (Å²) in [4.78, 5) is 14.6. The molecule has 6 nitrogen and oxygen atoms in total. The molecular weight excluding hydrogens is 280 g/mol. The Balaban J connectivity index is 1.66. The SMILES string of the molecule is O=C(C[C@@H]1CCCO1)N1Cc2cnnn2Cc2ccccc21. The molecule has 1 saturated heterocycles. The number of hydrogen-bond donors (Lipinski definition) is 0. The molecule has 1 aromatic heterocycles. The van der Waals surface area contributed by atoms with E-state index < -0.39 is 0 Å². The molecule has 114 valence electrons. The van der Waals surface area contributed by atoms with Gasteiger partial charge in [0.05, 0.1) is 37.5 Å². The fraction of sp³-hybridized carbons (Fsp3) is 0.438. The van der Waals surface area contributed by atoms with Crippen LogP contribution in [0.2, 0.25) is 0 Å². The maximum absolute atomic E-state index is 12.8. The molecule has 2 aliphatic heterocycles. The van der Waals surface area contributed by atoms with Crippen LogP contribution >= 0.6 is 0 Å². The van der Waals surface area contributed by atoms with Gasteiger partial charge in [-0.15, -0.1) is 5.10 Å². The molecule has 0 radical (unpaired) electrons. The summed E-state index contributed by atoms with van der Waals surface area (Å²) in [6.45, 7) is 1.93. The number of nitrogens with zero attached hydrogens (tertiary/aromatic N) is 4. The Hall–Kier alpha value is -2.21. The van der Waals surface area contributed by atoms with Crippen LogP contribution in [0.4, 0.5) is 5.69 Å². The van der Waals surface area contributed by atoms with Crippen molar-refractivity contribution >= 4 is 11.6 Å². The van der Waals surface area contributed by atoms with Crippen LogP contribution in [0.15, 0.2) is 30.5 Å². The fourth-order valence-corrected chi connectivity index (χ4v) is 3.18. The minimum atomic E-state index is 0.0611. The van der Waals surface area contributed by atoms with Gasteiger partial charge in [-0.3, -0.25) is 4.79 Å². The third-order valence-electron chi connectivity index (χ3n) is 4.35. The Morgan fingerprint density at radius 1 is 1.32 bits per heavy atom. The molecule has 1 fully saturated rings. The lowest BCUT2D eigenvalue weighted by Crippen LogP contribution is -2.33. The van der Waals surface area contributed by atoms with Crippen molar-refractivity contribution in [3.8, 4) is 0 Å². The minimum absolute atomic E-state index is 0.0611. The van der Waals surface area contributed by atoms with Crippen molar-refractivity contribution in [2.75, 3.05) is 11.5 Å². The number of para-hydroxylation sites is 1. The lowest BCUT2D eigenvalue weighted by atomic mass is 10.1. The molecule has 0 N–H and O–H groups in total. The van der Waals surface area contributed by atoms with Crippen LogP contribution < -0.4 is 4.90 Å². The Morgan fingerprint density at radius 2 is 2.23 bits per heavy atom. The Morgan fingerprint density at radius 3 is 3.09 bits per heavy atom. The average Bonchev–Trinajstić information content (AvgIpc) is 3.15. The molecule has 2 aromatic rings. The predicted molar refractivity (Wildman–Crippen MR) is 80.3 cm³/mol. The van der Waals surface area contributed by atoms with Crippen LogP contribution in [0.5, 0.6) is 0 Å². The van der Waals surface area contributed by atoms with Crippen molar-refractivity contribution in [2.24, 2.45) is 0 Å². The lowest BCUT2D eigenvalue weighted by molar-refractivity contribution is -0.120. The van der Waals surface area contributed by atoms with E-state index in [9.17, 15) is 4.79 Å². The van der Waals surface area contributed by atoms with Gasteiger partial charge in [0, 0.05) is 12.3 Å². The summed E-state index contributed by atoms with van der Waals surface area (Å²) >= 11 is 0. The van der Waals surface area contributed by atoms with Crippen molar-refractivity contribution in [1.82, 2.24) is 15.0 Å². The molecule has 2 aliphatic rings. The van der Waals surface area contributed by atoms with Gasteiger partial charge in [-0.1, -0.05) is 23.4 Å². The molecule has 1 atom stereocenters. The number of fused-ring (bicyclic) bond motifs is 2. The average molecular weight is 298 g/mol. The Kier molecular flexibility index (Phi) is 3.38. The van der Waals surface area contributed by atoms with E-state index in [0.717, 1.165) is 36.4 Å². The smallest absolute Gasteiger partial charge is 0.229 e. The van der Waals surface area contributed by atoms with Crippen LogP contribution in [0.1, 0.15) is 30.5 Å². The van der Waals surface area contributed by atoms with Gasteiger partial charge in [0.2, 0.25) is 5.91 Å². The van der Waals surface area contributed by atoms with E-state index in [-0.39, 0.29) is 12.0 Å². The third-order valence-corrected chi connectivity index (χ3v) is 4.35. The summed E-state index contributed by atoms with van der Waals surface area (Å²) in [5.41, 5.74) is 3.01. The van der Waals surface area contributed by atoms with Gasteiger partial charge in [-0.25, -0.2) is 4.68 Å². The van der Waals surface area contributed by atoms with Crippen molar-refractivity contribution in [3.63, 3.8) is 0 Å². The van der Waals surface area contributed by atoms with Crippen LogP contribution in [0.3, 0.4) is 0 Å². The molecule has 1 aromatic carbocycles. The second kappa shape index (κ2) is 5.53. The normalized spacial score (nSPS) is 20.4. The number of carbonyl (C=O) groups is 1. The highest BCUT2D eigenvalue weighted by Gasteiger charge is 2.27. The van der Waals surface area contributed by atoms with Crippen molar-refractivity contribution in [2.45, 2.75) is 38.5 Å². The number of hydrogen-bond acceptors (Lipinski definition) is 4. The molecule has 0 unspecified atom stereocenters. The van der Waals surface area contributed by atoms with Gasteiger partial charge in [0.25, 0.3) is 0 Å². The van der Waals surface area contributed by atoms with E-state index >= 15 is 0 Å². The third kappa shape index (κ3) is 2.39. The van der Waals surface area contributed by atoms with Crippen molar-refractivity contribution in [3.05, 3.63) is 41.7 Å². The maximum Gasteiger partial charge on any atom is 0.229 e. The highest BCUT2D eigenvalue weighted by molar-refractivity contribution is 5.94. The van der Waals surface area contributed by atoms with Gasteiger partial charge in [0.1, 0.15) is 0 Å². The first kappa shape index (κ1) is 13.5. The number of rotatable bonds is 2. The maximum atomic E-state index is 12.8.